The van der Waals surface area contributed by atoms with Crippen LogP contribution in [0.1, 0.15) is 50.1 Å². The van der Waals surface area contributed by atoms with E-state index in [4.69, 9.17) is 0 Å². The Morgan fingerprint density at radius 2 is 1.92 bits per heavy atom. The fraction of sp³-hybridized carbons (Fsp3) is 0.591. The molecule has 1 aromatic heterocycles. The number of aliphatic hydroxyl groups is 2. The van der Waals surface area contributed by atoms with Gasteiger partial charge in [-0.05, 0) is 67.3 Å². The molecule has 4 atom stereocenters. The number of hydrogen-bond donors (Lipinski definition) is 2. The summed E-state index contributed by atoms with van der Waals surface area (Å²) in [6, 6.07) is 8.71. The summed E-state index contributed by atoms with van der Waals surface area (Å²) in [6.45, 7) is 0. The first-order valence-corrected chi connectivity index (χ1v) is 10.1. The normalized spacial score (nSPS) is 40.5. The Morgan fingerprint density at radius 1 is 1.15 bits per heavy atom. The lowest BCUT2D eigenvalue weighted by molar-refractivity contribution is -0.173. The van der Waals surface area contributed by atoms with E-state index in [2.05, 4.69) is 33.8 Å². The first-order valence-electron chi connectivity index (χ1n) is 10.1. The number of fused-ring (bicyclic) bond motifs is 3. The average Bonchev–Trinajstić information content (AvgIpc) is 3.22. The van der Waals surface area contributed by atoms with Gasteiger partial charge in [-0.25, -0.2) is 4.98 Å². The maximum absolute atomic E-state index is 11.4. The lowest BCUT2D eigenvalue weighted by Crippen LogP contribution is -2.57. The number of aliphatic hydroxyl groups excluding tert-OH is 2. The van der Waals surface area contributed by atoms with Gasteiger partial charge in [0.15, 0.2) is 0 Å². The molecule has 0 saturated heterocycles. The second kappa shape index (κ2) is 5.20. The Morgan fingerprint density at radius 3 is 2.73 bits per heavy atom. The van der Waals surface area contributed by atoms with Crippen LogP contribution < -0.4 is 0 Å². The van der Waals surface area contributed by atoms with Crippen LogP contribution in [-0.2, 0) is 0 Å². The van der Waals surface area contributed by atoms with Crippen molar-refractivity contribution >= 4 is 0 Å². The minimum atomic E-state index is -0.311. The fourth-order valence-electron chi connectivity index (χ4n) is 7.10. The summed E-state index contributed by atoms with van der Waals surface area (Å²) < 4.78 is 2.24. The number of rotatable bonds is 3. The summed E-state index contributed by atoms with van der Waals surface area (Å²) in [5, 5.41) is 22.0. The predicted octanol–water partition coefficient (Wildman–Crippen LogP) is 3.39. The molecule has 2 heterocycles. The van der Waals surface area contributed by atoms with E-state index in [0.717, 1.165) is 25.7 Å². The monoisotopic (exact) mass is 350 g/mol. The van der Waals surface area contributed by atoms with Crippen LogP contribution in [0.15, 0.2) is 36.8 Å². The molecule has 2 N–H and O–H groups in total. The van der Waals surface area contributed by atoms with Crippen molar-refractivity contribution < 1.29 is 10.2 Å². The lowest BCUT2D eigenvalue weighted by atomic mass is 9.47. The summed E-state index contributed by atoms with van der Waals surface area (Å²) in [7, 11) is 0. The largest absolute Gasteiger partial charge is 0.393 e. The topological polar surface area (TPSA) is 58.3 Å². The van der Waals surface area contributed by atoms with Gasteiger partial charge in [0.2, 0.25) is 0 Å². The first kappa shape index (κ1) is 15.4. The van der Waals surface area contributed by atoms with Gasteiger partial charge in [0, 0.05) is 5.56 Å². The van der Waals surface area contributed by atoms with Gasteiger partial charge in [-0.3, -0.25) is 0 Å². The molecule has 5 aliphatic rings. The molecule has 0 amide bonds. The third-order valence-electron chi connectivity index (χ3n) is 8.02. The molecule has 0 spiro atoms. The first-order chi connectivity index (χ1) is 12.6. The van der Waals surface area contributed by atoms with Crippen molar-refractivity contribution in [2.45, 2.75) is 56.8 Å². The van der Waals surface area contributed by atoms with E-state index in [1.807, 2.05) is 12.5 Å². The molecule has 4 aliphatic carbocycles. The Hall–Kier alpha value is -1.65. The van der Waals surface area contributed by atoms with Crippen molar-refractivity contribution in [3.8, 4) is 11.3 Å². The second-order valence-electron chi connectivity index (χ2n) is 9.36. The van der Waals surface area contributed by atoms with Crippen LogP contribution in [0, 0.1) is 23.2 Å². The minimum absolute atomic E-state index is 0.0218. The fourth-order valence-corrected chi connectivity index (χ4v) is 7.10. The molecule has 2 aromatic rings. The molecule has 4 nitrogen and oxygen atoms in total. The standard InChI is InChI=1S/C22H26N2O2/c25-20(22-8-13-5-14(9-22)21(26)15(6-13)10-22)7-18-16-3-1-2-4-17(16)19-11-23-12-24(18)19/h1-4,11-15,18,20-21,25-26H,5-10H2/t13?,14?,15?,18-,20-,21?,22?/m0/s1. The van der Waals surface area contributed by atoms with E-state index < -0.39 is 0 Å². The Balaban J connectivity index is 1.33. The van der Waals surface area contributed by atoms with Crippen molar-refractivity contribution in [1.29, 1.82) is 0 Å². The number of imidazole rings is 1. The molecule has 7 rings (SSSR count). The SMILES string of the molecule is OC1C2CC3CC1CC([C@@H](O)C[C@H]1c4ccccc4-c4cncn41)(C3)C2. The Labute approximate surface area is 153 Å². The average molecular weight is 350 g/mol. The van der Waals surface area contributed by atoms with Gasteiger partial charge >= 0.3 is 0 Å². The van der Waals surface area contributed by atoms with Gasteiger partial charge in [0.25, 0.3) is 0 Å². The molecule has 4 bridgehead atoms. The summed E-state index contributed by atoms with van der Waals surface area (Å²) in [5.74, 6) is 1.54. The number of aromatic nitrogens is 2. The quantitative estimate of drug-likeness (QED) is 0.892. The predicted molar refractivity (Wildman–Crippen MR) is 98.4 cm³/mol. The van der Waals surface area contributed by atoms with Crippen molar-refractivity contribution in [2.75, 3.05) is 0 Å². The van der Waals surface area contributed by atoms with Crippen molar-refractivity contribution in [1.82, 2.24) is 9.55 Å². The zero-order valence-corrected chi connectivity index (χ0v) is 15.0. The number of benzene rings is 1. The zero-order valence-electron chi connectivity index (χ0n) is 15.0. The van der Waals surface area contributed by atoms with Crippen LogP contribution in [0.25, 0.3) is 11.3 Å². The van der Waals surface area contributed by atoms with Crippen molar-refractivity contribution in [3.05, 3.63) is 42.4 Å². The van der Waals surface area contributed by atoms with Gasteiger partial charge < -0.3 is 14.8 Å². The van der Waals surface area contributed by atoms with E-state index >= 15 is 0 Å². The molecule has 2 unspecified atom stereocenters. The maximum Gasteiger partial charge on any atom is 0.0956 e. The van der Waals surface area contributed by atoms with Crippen LogP contribution in [0.2, 0.25) is 0 Å². The van der Waals surface area contributed by atoms with Crippen molar-refractivity contribution in [2.24, 2.45) is 23.2 Å². The highest BCUT2D eigenvalue weighted by Crippen LogP contribution is 2.62. The Kier molecular flexibility index (Phi) is 3.08. The summed E-state index contributed by atoms with van der Waals surface area (Å²) in [6.07, 6.45) is 9.67. The highest BCUT2D eigenvalue weighted by Gasteiger charge is 2.57. The number of hydrogen-bond acceptors (Lipinski definition) is 3. The van der Waals surface area contributed by atoms with E-state index in [0.29, 0.717) is 17.8 Å². The van der Waals surface area contributed by atoms with Crippen LogP contribution >= 0.6 is 0 Å². The molecule has 4 heteroatoms. The van der Waals surface area contributed by atoms with E-state index in [1.165, 1.54) is 29.7 Å². The lowest BCUT2D eigenvalue weighted by Gasteiger charge is -2.60. The molecule has 26 heavy (non-hydrogen) atoms. The van der Waals surface area contributed by atoms with Crippen LogP contribution in [0.3, 0.4) is 0 Å². The smallest absolute Gasteiger partial charge is 0.0956 e. The third kappa shape index (κ3) is 1.95. The number of nitrogens with zero attached hydrogens (tertiary/aromatic N) is 2. The van der Waals surface area contributed by atoms with E-state index in [9.17, 15) is 10.2 Å². The minimum Gasteiger partial charge on any atom is -0.393 e. The summed E-state index contributed by atoms with van der Waals surface area (Å²) in [4.78, 5) is 4.35. The molecule has 1 aliphatic heterocycles. The maximum atomic E-state index is 11.4. The molecule has 1 aromatic carbocycles. The molecule has 4 saturated carbocycles. The summed E-state index contributed by atoms with van der Waals surface area (Å²) >= 11 is 0. The second-order valence-corrected chi connectivity index (χ2v) is 9.36. The van der Waals surface area contributed by atoms with Crippen LogP contribution in [0.4, 0.5) is 0 Å². The molecule has 4 fully saturated rings. The molecular weight excluding hydrogens is 324 g/mol. The van der Waals surface area contributed by atoms with Gasteiger partial charge in [-0.15, -0.1) is 0 Å². The molecular formula is C22H26N2O2. The highest BCUT2D eigenvalue weighted by atomic mass is 16.3. The highest BCUT2D eigenvalue weighted by molar-refractivity contribution is 5.68. The van der Waals surface area contributed by atoms with E-state index in [1.54, 1.807) is 0 Å². The van der Waals surface area contributed by atoms with Crippen molar-refractivity contribution in [3.63, 3.8) is 0 Å². The van der Waals surface area contributed by atoms with Gasteiger partial charge in [0.1, 0.15) is 0 Å². The van der Waals surface area contributed by atoms with Crippen LogP contribution in [-0.4, -0.2) is 32.0 Å². The molecule has 136 valence electrons. The Bertz CT molecular complexity index is 843. The van der Waals surface area contributed by atoms with Crippen LogP contribution in [0.5, 0.6) is 0 Å². The van der Waals surface area contributed by atoms with Gasteiger partial charge in [0.05, 0.1) is 36.5 Å². The van der Waals surface area contributed by atoms with Gasteiger partial charge in [-0.2, -0.15) is 0 Å². The van der Waals surface area contributed by atoms with E-state index in [-0.39, 0.29) is 23.7 Å². The third-order valence-corrected chi connectivity index (χ3v) is 8.02. The summed E-state index contributed by atoms with van der Waals surface area (Å²) in [5.41, 5.74) is 3.75. The van der Waals surface area contributed by atoms with Gasteiger partial charge in [-0.1, -0.05) is 24.3 Å². The molecule has 0 radical (unpaired) electrons. The zero-order chi connectivity index (χ0) is 17.5.